The van der Waals surface area contributed by atoms with Gasteiger partial charge >= 0.3 is 24.1 Å². The summed E-state index contributed by atoms with van der Waals surface area (Å²) in [5, 5.41) is 44.6. The number of epoxide rings is 1. The number of anilines is 1. The lowest BCUT2D eigenvalue weighted by Gasteiger charge is -2.41. The first-order valence-corrected chi connectivity index (χ1v) is 33.4. The molecule has 528 valence electrons. The molecule has 4 aliphatic rings. The van der Waals surface area contributed by atoms with Gasteiger partial charge in [0, 0.05) is 96.6 Å². The van der Waals surface area contributed by atoms with E-state index in [-0.39, 0.29) is 97.1 Å². The molecule has 5 amide bonds. The molecule has 1 unspecified atom stereocenters. The summed E-state index contributed by atoms with van der Waals surface area (Å²) in [7, 11) is 8.28. The minimum atomic E-state index is -2.07. The zero-order valence-corrected chi connectivity index (χ0v) is 57.8. The molecule has 98 heavy (non-hydrogen) atoms. The monoisotopic (exact) mass is 1370 g/mol. The zero-order valence-electron chi connectivity index (χ0n) is 57.0. The second kappa shape index (κ2) is 32.9. The van der Waals surface area contributed by atoms with E-state index < -0.39 is 95.6 Å². The smallest absolute Gasteiger partial charge is 0.424 e. The number of amides is 5. The highest BCUT2D eigenvalue weighted by atomic mass is 35.5. The Morgan fingerprint density at radius 3 is 2.30 bits per heavy atom. The van der Waals surface area contributed by atoms with Crippen LogP contribution in [-0.4, -0.2) is 206 Å². The van der Waals surface area contributed by atoms with Crippen LogP contribution in [-0.2, 0) is 71.9 Å². The first-order valence-electron chi connectivity index (χ1n) is 33.1. The third-order valence-electron chi connectivity index (χ3n) is 19.0. The number of hydrazine groups is 1. The number of carboxylic acids is 1. The number of carbonyl (C=O) groups is 7. The summed E-state index contributed by atoms with van der Waals surface area (Å²) >= 11 is 6.90. The molecule has 1 aliphatic carbocycles. The maximum absolute atomic E-state index is 14.1. The molecule has 9 rings (SSSR count). The maximum atomic E-state index is 14.1. The fourth-order valence-electron chi connectivity index (χ4n) is 13.0. The number of aryl methyl sites for hydroxylation is 1. The fourth-order valence-corrected chi connectivity index (χ4v) is 13.3. The SMILES string of the molecule is COc1cc2cc(c1Cl)N(C)CC[C@H](OC(=O)[C@H](C)N(C)C(=O)CCOCCOCCNC(=O)[C@H](CCC(=O)O)NC(=O)CCn1c(CN(C)N(C)C(=O)OCC3c4ccccc4-c4ccccc43)cc3ccccc31)[C@]1(C)OC1[C@H](C)[C@@H]1C[C@@](O)(NC(=O)O1)[C@H](O)/C=C/C=C(\C)C2. The Balaban J connectivity index is 0.716. The van der Waals surface area contributed by atoms with Crippen molar-refractivity contribution >= 4 is 70.0 Å². The number of esters is 1. The van der Waals surface area contributed by atoms with Gasteiger partial charge in [0.15, 0.2) is 5.72 Å². The molecule has 5 aromatic rings. The molecule has 1 aromatic heterocycles. The van der Waals surface area contributed by atoms with Crippen LogP contribution in [0.15, 0.2) is 115 Å². The van der Waals surface area contributed by atoms with Crippen molar-refractivity contribution in [3.05, 3.63) is 142 Å². The van der Waals surface area contributed by atoms with E-state index in [2.05, 4.69) is 40.2 Å². The van der Waals surface area contributed by atoms with E-state index >= 15 is 0 Å². The van der Waals surface area contributed by atoms with E-state index in [9.17, 15) is 48.9 Å². The normalized spacial score (nSPS) is 22.9. The number of alkyl carbamates (subject to hydrolysis) is 1. The minimum absolute atomic E-state index is 0.00947. The van der Waals surface area contributed by atoms with Gasteiger partial charge in [0.05, 0.1) is 58.3 Å². The Labute approximate surface area is 575 Å². The van der Waals surface area contributed by atoms with E-state index in [4.69, 9.17) is 44.8 Å². The fraction of sp³-hybridized carbons (Fsp3) is 0.486. The predicted molar refractivity (Wildman–Crippen MR) is 365 cm³/mol. The van der Waals surface area contributed by atoms with Gasteiger partial charge in [-0.15, -0.1) is 0 Å². The lowest BCUT2D eigenvalue weighted by atomic mass is 9.84. The standard InChI is InChI=1S/C72H91ClN8O17/c1-44-17-16-24-60(82)72(91)41-59(96-69(89)76-72)45(2)66-71(4,98-66)61(27-31-77(5)57-38-47(37-44)39-58(92-9)65(57)73)97-68(88)46(3)79(7)63(84)29-33-93-35-36-94-34-30-74-67(87)55(25-26-64(85)86)75-62(83)28-32-81-49(40-48-18-10-15-23-56(48)81)42-78(6)80(8)70(90)95-43-54-52-21-13-11-19-50(52)51-20-12-14-22-53(51)54/h10-24,38-40,45-46,54-55,59-61,66,82,91H,25-37,41-43H2,1-9H3,(H,74,87)(H,75,83)(H,76,89)(H,85,86)/b24-16+,44-17+/t45-,46+,55+,59+,60-,61+,66?,71+,72+/m1/s1. The van der Waals surface area contributed by atoms with E-state index in [1.54, 1.807) is 52.0 Å². The van der Waals surface area contributed by atoms with Crippen LogP contribution in [0.3, 0.4) is 0 Å². The summed E-state index contributed by atoms with van der Waals surface area (Å²) in [6, 6.07) is 27.5. The maximum Gasteiger partial charge on any atom is 0.424 e. The van der Waals surface area contributed by atoms with Crippen molar-refractivity contribution in [3.8, 4) is 16.9 Å². The third-order valence-corrected chi connectivity index (χ3v) is 19.4. The number of likely N-dealkylation sites (N-methyl/N-ethyl adjacent to an activating group) is 1. The second-order valence-corrected chi connectivity index (χ2v) is 26.2. The summed E-state index contributed by atoms with van der Waals surface area (Å²) in [6.45, 7) is 8.27. The molecule has 0 radical (unpaired) electrons. The Morgan fingerprint density at radius 1 is 0.908 bits per heavy atom. The second-order valence-electron chi connectivity index (χ2n) is 25.8. The number of hydrogen-bond acceptors (Lipinski definition) is 18. The molecule has 4 bridgehead atoms. The Morgan fingerprint density at radius 2 is 1.59 bits per heavy atom. The number of carboxylic acid groups (broad SMARTS) is 1. The molecule has 25 nitrogen and oxygen atoms in total. The number of allylic oxidation sites excluding steroid dienone is 3. The number of carbonyl (C=O) groups excluding carboxylic acids is 6. The van der Waals surface area contributed by atoms with E-state index in [0.29, 0.717) is 29.4 Å². The van der Waals surface area contributed by atoms with Crippen molar-refractivity contribution in [2.45, 2.75) is 139 Å². The highest BCUT2D eigenvalue weighted by molar-refractivity contribution is 6.34. The van der Waals surface area contributed by atoms with Crippen LogP contribution in [0.2, 0.25) is 5.02 Å². The lowest BCUT2D eigenvalue weighted by molar-refractivity contribution is -0.161. The Hall–Kier alpha value is -8.56. The Kier molecular flexibility index (Phi) is 24.7. The molecule has 0 spiro atoms. The van der Waals surface area contributed by atoms with Crippen LogP contribution in [0.1, 0.15) is 94.5 Å². The predicted octanol–water partition coefficient (Wildman–Crippen LogP) is 7.50. The number of nitrogens with zero attached hydrogens (tertiary/aromatic N) is 5. The van der Waals surface area contributed by atoms with Crippen LogP contribution < -0.4 is 25.6 Å². The van der Waals surface area contributed by atoms with E-state index in [0.717, 1.165) is 50.0 Å². The van der Waals surface area contributed by atoms with Crippen molar-refractivity contribution in [2.24, 2.45) is 5.92 Å². The van der Waals surface area contributed by atoms with E-state index in [1.165, 1.54) is 30.1 Å². The molecule has 9 atom stereocenters. The number of methoxy groups -OCH3 is 1. The van der Waals surface area contributed by atoms with Crippen molar-refractivity contribution in [1.29, 1.82) is 0 Å². The van der Waals surface area contributed by atoms with Crippen LogP contribution in [0, 0.1) is 5.92 Å². The van der Waals surface area contributed by atoms with Crippen LogP contribution in [0.5, 0.6) is 5.75 Å². The van der Waals surface area contributed by atoms with Gasteiger partial charge in [-0.1, -0.05) is 109 Å². The molecule has 26 heteroatoms. The van der Waals surface area contributed by atoms with Gasteiger partial charge in [0.25, 0.3) is 0 Å². The quantitative estimate of drug-likeness (QED) is 0.0103. The first-order chi connectivity index (χ1) is 46.8. The number of rotatable bonds is 26. The molecule has 2 fully saturated rings. The number of ether oxygens (including phenoxy) is 7. The summed E-state index contributed by atoms with van der Waals surface area (Å²) in [6.07, 6.45) is -0.738. The van der Waals surface area contributed by atoms with Gasteiger partial charge in [-0.2, -0.15) is 0 Å². The number of benzene rings is 4. The molecule has 3 aliphatic heterocycles. The number of aromatic nitrogens is 1. The van der Waals surface area contributed by atoms with E-state index in [1.807, 2.05) is 90.2 Å². The minimum Gasteiger partial charge on any atom is -0.495 e. The van der Waals surface area contributed by atoms with Crippen LogP contribution >= 0.6 is 11.6 Å². The summed E-state index contributed by atoms with van der Waals surface area (Å²) < 4.78 is 43.2. The zero-order chi connectivity index (χ0) is 70.6. The van der Waals surface area contributed by atoms with Crippen molar-refractivity contribution < 1.29 is 82.0 Å². The molecule has 6 N–H and O–H groups in total. The number of nitrogens with one attached hydrogen (secondary N) is 3. The molecule has 4 aromatic carbocycles. The number of halogens is 1. The number of aliphatic hydroxyl groups is 2. The molecule has 0 saturated carbocycles. The topological polar surface area (TPSA) is 302 Å². The molecular formula is C72H91ClN8O17. The molecule has 4 heterocycles. The summed E-state index contributed by atoms with van der Waals surface area (Å²) in [5.41, 5.74) is 5.40. The third kappa shape index (κ3) is 17.8. The highest BCUT2D eigenvalue weighted by Crippen LogP contribution is 2.50. The summed E-state index contributed by atoms with van der Waals surface area (Å²) in [4.78, 5) is 96.0. The highest BCUT2D eigenvalue weighted by Gasteiger charge is 2.64. The average Bonchev–Trinajstić information content (AvgIpc) is 1.58. The molecule has 2 saturated heterocycles. The average molecular weight is 1380 g/mol. The van der Waals surface area contributed by atoms with Gasteiger partial charge in [-0.3, -0.25) is 24.5 Å². The largest absolute Gasteiger partial charge is 0.495 e. The van der Waals surface area contributed by atoms with Crippen LogP contribution in [0.25, 0.3) is 22.0 Å². The lowest BCUT2D eigenvalue weighted by Crippen LogP contribution is -2.63. The molecular weight excluding hydrogens is 1280 g/mol. The number of aliphatic carboxylic acids is 1. The van der Waals surface area contributed by atoms with Crippen molar-refractivity contribution in [3.63, 3.8) is 0 Å². The van der Waals surface area contributed by atoms with Gasteiger partial charge < -0.3 is 73.5 Å². The van der Waals surface area contributed by atoms with Gasteiger partial charge in [-0.25, -0.2) is 24.4 Å². The number of para-hydroxylation sites is 1. The van der Waals surface area contributed by atoms with Gasteiger partial charge in [0.2, 0.25) is 17.7 Å². The van der Waals surface area contributed by atoms with Crippen LogP contribution in [0.4, 0.5) is 15.3 Å². The van der Waals surface area contributed by atoms with Crippen molar-refractivity contribution in [2.75, 3.05) is 86.3 Å². The first kappa shape index (κ1) is 73.7. The van der Waals surface area contributed by atoms with Gasteiger partial charge in [-0.05, 0) is 91.1 Å². The number of fused-ring (bicyclic) bond motifs is 9. The number of hydrogen-bond donors (Lipinski definition) is 6. The number of aliphatic hydroxyl groups excluding tert-OH is 1. The summed E-state index contributed by atoms with van der Waals surface area (Å²) in [5.74, 6) is -3.50. The van der Waals surface area contributed by atoms with Gasteiger partial charge in [0.1, 0.15) is 53.4 Å². The Bertz CT molecular complexity index is 3720. The van der Waals surface area contributed by atoms with Crippen molar-refractivity contribution in [1.82, 2.24) is 35.4 Å².